The first kappa shape index (κ1) is 25.3. The summed E-state index contributed by atoms with van der Waals surface area (Å²) in [7, 11) is 0. The number of amides is 1. The van der Waals surface area contributed by atoms with Crippen LogP contribution in [0.2, 0.25) is 5.02 Å². The van der Waals surface area contributed by atoms with Crippen molar-refractivity contribution in [2.75, 3.05) is 6.54 Å². The van der Waals surface area contributed by atoms with E-state index in [1.54, 1.807) is 54.6 Å². The van der Waals surface area contributed by atoms with Crippen molar-refractivity contribution in [1.82, 2.24) is 4.90 Å². The predicted octanol–water partition coefficient (Wildman–Crippen LogP) is 6.51. The monoisotopic (exact) mass is 571 g/mol. The Morgan fingerprint density at radius 1 is 1.11 bits per heavy atom. The summed E-state index contributed by atoms with van der Waals surface area (Å²) in [5.41, 5.74) is 2.37. The molecule has 0 unspecified atom stereocenters. The molecule has 0 N–H and O–H groups in total. The molecule has 1 amide bonds. The van der Waals surface area contributed by atoms with Gasteiger partial charge in [0.05, 0.1) is 16.0 Å². The molecule has 1 aromatic heterocycles. The van der Waals surface area contributed by atoms with Gasteiger partial charge in [-0.3, -0.25) is 14.5 Å². The molecule has 0 saturated carbocycles. The van der Waals surface area contributed by atoms with E-state index in [2.05, 4.69) is 0 Å². The van der Waals surface area contributed by atoms with Gasteiger partial charge in [0.15, 0.2) is 5.58 Å². The van der Waals surface area contributed by atoms with Crippen molar-refractivity contribution in [2.45, 2.75) is 6.42 Å². The van der Waals surface area contributed by atoms with E-state index in [1.807, 2.05) is 0 Å². The maximum atomic E-state index is 13.1. The quantitative estimate of drug-likeness (QED) is 0.113. The van der Waals surface area contributed by atoms with Gasteiger partial charge in [-0.15, -0.1) is 0 Å². The van der Waals surface area contributed by atoms with Gasteiger partial charge in [0, 0.05) is 23.2 Å². The van der Waals surface area contributed by atoms with Crippen LogP contribution in [0.1, 0.15) is 12.0 Å². The topological polar surface area (TPSA) is 76.8 Å². The number of rotatable bonds is 6. The van der Waals surface area contributed by atoms with Crippen LogP contribution in [0, 0.1) is 5.82 Å². The average Bonchev–Trinajstić information content (AvgIpc) is 3.37. The van der Waals surface area contributed by atoms with Crippen LogP contribution in [0.3, 0.4) is 0 Å². The fourth-order valence-corrected chi connectivity index (χ4v) is 5.80. The minimum atomic E-state index is -0.575. The summed E-state index contributed by atoms with van der Waals surface area (Å²) in [6.07, 6.45) is 1.52. The van der Waals surface area contributed by atoms with Gasteiger partial charge in [-0.2, -0.15) is 0 Å². The summed E-state index contributed by atoms with van der Waals surface area (Å²) in [6, 6.07) is 15.9. The molecule has 0 bridgehead atoms. The van der Waals surface area contributed by atoms with Crippen molar-refractivity contribution < 1.29 is 23.1 Å². The normalized spacial score (nSPS) is 14.6. The van der Waals surface area contributed by atoms with Crippen LogP contribution in [-0.2, 0) is 9.59 Å². The molecule has 1 aliphatic heterocycles. The van der Waals surface area contributed by atoms with Crippen molar-refractivity contribution in [1.29, 1.82) is 0 Å². The number of esters is 1. The van der Waals surface area contributed by atoms with Crippen LogP contribution >= 0.6 is 46.9 Å². The number of thioether (sulfide) groups is 1. The van der Waals surface area contributed by atoms with Gasteiger partial charge in [0.2, 0.25) is 0 Å². The van der Waals surface area contributed by atoms with E-state index >= 15 is 0 Å². The molecule has 0 aliphatic carbocycles. The smallest absolute Gasteiger partial charge is 0.396 e. The van der Waals surface area contributed by atoms with Crippen LogP contribution in [0.5, 0.6) is 5.75 Å². The zero-order chi connectivity index (χ0) is 26.1. The van der Waals surface area contributed by atoms with Gasteiger partial charge in [0.25, 0.3) is 5.91 Å². The molecule has 186 valence electrons. The maximum Gasteiger partial charge on any atom is 0.396 e. The second kappa shape index (κ2) is 10.6. The average molecular weight is 572 g/mol. The van der Waals surface area contributed by atoms with Crippen LogP contribution in [0.25, 0.3) is 27.5 Å². The lowest BCUT2D eigenvalue weighted by atomic mass is 10.0. The van der Waals surface area contributed by atoms with Crippen molar-refractivity contribution in [3.63, 3.8) is 0 Å². The second-order valence-electron chi connectivity index (χ2n) is 7.87. The van der Waals surface area contributed by atoms with Gasteiger partial charge < -0.3 is 9.15 Å². The summed E-state index contributed by atoms with van der Waals surface area (Å²) in [6.45, 7) is 0.0373. The Bertz CT molecular complexity index is 1630. The number of ether oxygens (including phenoxy) is 1. The number of hydrogen-bond donors (Lipinski definition) is 0. The Hall–Kier alpha value is -3.31. The fraction of sp³-hybridized carbons (Fsp3) is 0.0769. The van der Waals surface area contributed by atoms with Crippen molar-refractivity contribution in [3.05, 3.63) is 91.7 Å². The largest absolute Gasteiger partial charge is 0.426 e. The van der Waals surface area contributed by atoms with Crippen LogP contribution < -0.4 is 9.68 Å². The molecule has 2 heterocycles. The molecule has 1 aliphatic rings. The molecule has 0 spiro atoms. The van der Waals surface area contributed by atoms with E-state index in [4.69, 9.17) is 33.0 Å². The Kier molecular flexibility index (Phi) is 7.25. The molecular formula is C26H15ClFNO5S3. The van der Waals surface area contributed by atoms with Crippen molar-refractivity contribution in [3.8, 4) is 16.9 Å². The van der Waals surface area contributed by atoms with E-state index < -0.39 is 10.9 Å². The van der Waals surface area contributed by atoms with Gasteiger partial charge >= 0.3 is 10.9 Å². The molecule has 3 aromatic carbocycles. The third-order valence-corrected chi connectivity index (χ3v) is 7.78. The van der Waals surface area contributed by atoms with E-state index in [-0.39, 0.29) is 30.4 Å². The van der Waals surface area contributed by atoms with Crippen LogP contribution in [-0.4, -0.2) is 27.6 Å². The number of benzene rings is 3. The Morgan fingerprint density at radius 3 is 2.57 bits per heavy atom. The lowest BCUT2D eigenvalue weighted by molar-refractivity contribution is -0.134. The molecule has 37 heavy (non-hydrogen) atoms. The lowest BCUT2D eigenvalue weighted by Crippen LogP contribution is -2.31. The highest BCUT2D eigenvalue weighted by Crippen LogP contribution is 2.36. The summed E-state index contributed by atoms with van der Waals surface area (Å²) < 4.78 is 24.9. The highest BCUT2D eigenvalue weighted by atomic mass is 35.5. The van der Waals surface area contributed by atoms with Crippen molar-refractivity contribution in [2.24, 2.45) is 0 Å². The number of thiocarbonyl (C=S) groups is 1. The minimum absolute atomic E-state index is 0.0373. The second-order valence-corrected chi connectivity index (χ2v) is 11.0. The highest BCUT2D eigenvalue weighted by molar-refractivity contribution is 8.26. The molecule has 11 heteroatoms. The van der Waals surface area contributed by atoms with Crippen molar-refractivity contribution >= 4 is 79.5 Å². The number of carbonyl (C=O) groups excluding carboxylic acids is 2. The zero-order valence-corrected chi connectivity index (χ0v) is 21.9. The van der Waals surface area contributed by atoms with E-state index in [9.17, 15) is 18.8 Å². The Balaban J connectivity index is 1.30. The predicted molar refractivity (Wildman–Crippen MR) is 147 cm³/mol. The molecule has 6 nitrogen and oxygen atoms in total. The van der Waals surface area contributed by atoms with E-state index in [0.29, 0.717) is 35.7 Å². The molecule has 4 aromatic rings. The van der Waals surface area contributed by atoms with Gasteiger partial charge in [-0.25, -0.2) is 9.18 Å². The number of fused-ring (bicyclic) bond motifs is 1. The molecule has 5 rings (SSSR count). The number of carbonyl (C=O) groups is 2. The third-order valence-electron chi connectivity index (χ3n) is 5.37. The summed E-state index contributed by atoms with van der Waals surface area (Å²) in [5, 5.41) is 0.553. The highest BCUT2D eigenvalue weighted by Gasteiger charge is 2.32. The first-order valence-corrected chi connectivity index (χ1v) is 13.2. The summed E-state index contributed by atoms with van der Waals surface area (Å²) >= 11 is 13.3. The Labute approximate surface area is 228 Å². The lowest BCUT2D eigenvalue weighted by Gasteiger charge is -2.14. The van der Waals surface area contributed by atoms with Crippen LogP contribution in [0.15, 0.2) is 74.8 Å². The molecule has 0 radical (unpaired) electrons. The van der Waals surface area contributed by atoms with E-state index in [0.717, 1.165) is 28.7 Å². The molecular weight excluding hydrogens is 557 g/mol. The first-order chi connectivity index (χ1) is 17.8. The first-order valence-electron chi connectivity index (χ1n) is 10.8. The Morgan fingerprint density at radius 2 is 1.84 bits per heavy atom. The molecule has 0 atom stereocenters. The maximum absolute atomic E-state index is 13.1. The fourth-order valence-electron chi connectivity index (χ4n) is 3.64. The van der Waals surface area contributed by atoms with E-state index in [1.165, 1.54) is 17.0 Å². The number of halogens is 2. The summed E-state index contributed by atoms with van der Waals surface area (Å²) in [4.78, 5) is 38.6. The third kappa shape index (κ3) is 5.67. The molecule has 1 saturated heterocycles. The van der Waals surface area contributed by atoms with Crippen LogP contribution in [0.4, 0.5) is 4.39 Å². The zero-order valence-electron chi connectivity index (χ0n) is 18.7. The van der Waals surface area contributed by atoms with Gasteiger partial charge in [0.1, 0.15) is 15.9 Å². The molecule has 1 fully saturated rings. The standard InChI is InChI=1S/C26H15ClFNO5S3/c27-16-5-3-15(4-6-16)19-12-18(13-20-23(19)34-26(32)37-20)33-22(30)9-10-29-24(31)21(36-25(29)35)11-14-1-7-17(28)8-2-14/h1-8,11-13H,9-10H2. The summed E-state index contributed by atoms with van der Waals surface area (Å²) in [5.74, 6) is -1.04. The minimum Gasteiger partial charge on any atom is -0.426 e. The number of nitrogens with zero attached hydrogens (tertiary/aromatic N) is 1. The SMILES string of the molecule is O=C(CCN1C(=O)C(=Cc2ccc(F)cc2)SC1=S)Oc1cc(-c2ccc(Cl)cc2)c2oc(=O)sc2c1. The van der Waals surface area contributed by atoms with Gasteiger partial charge in [-0.1, -0.05) is 71.2 Å². The van der Waals surface area contributed by atoms with Gasteiger partial charge in [-0.05, 0) is 47.5 Å². The number of hydrogen-bond acceptors (Lipinski definition) is 8.